The minimum atomic E-state index is -4.66. The number of aliphatic hydroxyl groups excluding tert-OH is 1. The van der Waals surface area contributed by atoms with Crippen LogP contribution in [0.15, 0.2) is 22.7 Å². The molecule has 0 aromatic heterocycles. The quantitative estimate of drug-likeness (QED) is 0.0994. The summed E-state index contributed by atoms with van der Waals surface area (Å²) in [6.45, 7) is 7.08. The van der Waals surface area contributed by atoms with E-state index in [1.165, 1.54) is 0 Å². The molecule has 8 heterocycles. The highest BCUT2D eigenvalue weighted by Crippen LogP contribution is 2.63. The van der Waals surface area contributed by atoms with E-state index in [0.29, 0.717) is 31.6 Å². The smallest absolute Gasteiger partial charge is 0.449 e. The van der Waals surface area contributed by atoms with Gasteiger partial charge in [0.15, 0.2) is 11.2 Å². The van der Waals surface area contributed by atoms with Crippen molar-refractivity contribution in [1.82, 2.24) is 0 Å². The molecule has 0 aromatic rings. The van der Waals surface area contributed by atoms with Crippen LogP contribution in [0, 0.1) is 60.2 Å². The molecule has 2 saturated carbocycles. The Labute approximate surface area is 324 Å². The molecule has 4 bridgehead atoms. The van der Waals surface area contributed by atoms with Gasteiger partial charge in [0.25, 0.3) is 0 Å². The second-order valence-electron chi connectivity index (χ2n) is 15.8. The fourth-order valence-electron chi connectivity index (χ4n) is 10.0. The van der Waals surface area contributed by atoms with E-state index < -0.39 is 71.1 Å². The Morgan fingerprint density at radius 3 is 1.56 bits per heavy atom. The number of fused-ring (bicyclic) bond motifs is 4. The van der Waals surface area contributed by atoms with Crippen molar-refractivity contribution in [3.8, 4) is 24.7 Å². The van der Waals surface area contributed by atoms with E-state index in [1.54, 1.807) is 13.8 Å². The molecule has 8 aliphatic heterocycles. The number of rotatable bonds is 4. The lowest BCUT2D eigenvalue weighted by Gasteiger charge is -2.57. The number of allylic oxidation sites excluding steroid dienone is 2. The van der Waals surface area contributed by atoms with Crippen molar-refractivity contribution in [2.75, 3.05) is 25.2 Å². The van der Waals surface area contributed by atoms with Gasteiger partial charge in [0.2, 0.25) is 35.7 Å². The lowest BCUT2D eigenvalue weighted by molar-refractivity contribution is -0.557. The second-order valence-corrected chi connectivity index (χ2v) is 16.4. The van der Waals surface area contributed by atoms with Crippen molar-refractivity contribution in [3.63, 3.8) is 0 Å². The van der Waals surface area contributed by atoms with E-state index in [0.717, 1.165) is 25.7 Å². The normalized spacial score (nSPS) is 42.7. The van der Waals surface area contributed by atoms with Gasteiger partial charge in [-0.3, -0.25) is 0 Å². The highest BCUT2D eigenvalue weighted by atomic mass is 79.9. The average Bonchev–Trinajstić information content (AvgIpc) is 3.51. The maximum atomic E-state index is 13.8. The van der Waals surface area contributed by atoms with Crippen molar-refractivity contribution in [1.29, 1.82) is 0 Å². The monoisotopic (exact) mass is 856 g/mol. The molecule has 0 aromatic carbocycles. The van der Waals surface area contributed by atoms with Crippen molar-refractivity contribution >= 4 is 15.9 Å². The molecule has 8 fully saturated rings. The third-order valence-corrected chi connectivity index (χ3v) is 13.1. The van der Waals surface area contributed by atoms with Gasteiger partial charge in [-0.05, 0) is 69.8 Å². The van der Waals surface area contributed by atoms with Crippen LogP contribution in [0.5, 0.6) is 0 Å². The Morgan fingerprint density at radius 1 is 0.727 bits per heavy atom. The van der Waals surface area contributed by atoms with Gasteiger partial charge in [-0.15, -0.1) is 12.8 Å². The van der Waals surface area contributed by atoms with Crippen LogP contribution in [-0.2, 0) is 43.2 Å². The molecule has 17 heteroatoms. The highest BCUT2D eigenvalue weighted by molar-refractivity contribution is 9.09. The second kappa shape index (κ2) is 15.6. The molecular formula is C38H47BrF6O10. The van der Waals surface area contributed by atoms with E-state index in [4.69, 9.17) is 54.8 Å². The van der Waals surface area contributed by atoms with Gasteiger partial charge < -0.3 is 28.8 Å². The summed E-state index contributed by atoms with van der Waals surface area (Å²) in [6.07, 6.45) is 3.57. The standard InChI is InChI=1S/C19H23F3O5.C16H20BrF3O4.C3H4O/c1-4-9-23-10-12-14-6-5-11(2)13-7-8-17(3)25-16(18(13,14)27-26-17)24-15(12)19(20,21)22;1-8-3-4-11-9(7-17)12(16(18,19)20)21-13-15(11)10(8)5-6-14(2,22-13)23-24-15;1-2-3-4/h1,11,13-14,16H,5-10H2,2-3H3;8,10-11,13H,3-7H2,1-2H3;1,4H,3H2/t11-,13?,14+,16-,17-,18-;8-,10?,11+,13-,14-,15-;/m11./s1. The van der Waals surface area contributed by atoms with Crippen molar-refractivity contribution in [2.45, 2.75) is 127 Å². The molecule has 55 heavy (non-hydrogen) atoms. The van der Waals surface area contributed by atoms with Crippen LogP contribution in [0.25, 0.3) is 0 Å². The summed E-state index contributed by atoms with van der Waals surface area (Å²) in [4.78, 5) is 22.8. The van der Waals surface area contributed by atoms with Gasteiger partial charge in [0.1, 0.15) is 13.2 Å². The van der Waals surface area contributed by atoms with E-state index in [1.807, 2.05) is 5.92 Å². The summed E-state index contributed by atoms with van der Waals surface area (Å²) in [5, 5.41) is 7.72. The Balaban J connectivity index is 0.000000172. The van der Waals surface area contributed by atoms with E-state index in [2.05, 4.69) is 42.1 Å². The number of aliphatic hydroxyl groups is 1. The van der Waals surface area contributed by atoms with Crippen LogP contribution in [-0.4, -0.2) is 78.0 Å². The van der Waals surface area contributed by atoms with E-state index in [-0.39, 0.29) is 54.1 Å². The van der Waals surface area contributed by atoms with Gasteiger partial charge in [-0.1, -0.05) is 41.6 Å². The predicted molar refractivity (Wildman–Crippen MR) is 183 cm³/mol. The summed E-state index contributed by atoms with van der Waals surface area (Å²) in [6, 6.07) is 0. The number of hydrogen-bond acceptors (Lipinski definition) is 10. The third kappa shape index (κ3) is 7.44. The van der Waals surface area contributed by atoms with Crippen molar-refractivity contribution in [3.05, 3.63) is 22.7 Å². The van der Waals surface area contributed by atoms with Crippen molar-refractivity contribution in [2.24, 2.45) is 35.5 Å². The molecule has 12 atom stereocenters. The molecule has 10 rings (SSSR count). The molecule has 308 valence electrons. The summed E-state index contributed by atoms with van der Waals surface area (Å²) >= 11 is 3.22. The first-order chi connectivity index (χ1) is 25.8. The van der Waals surface area contributed by atoms with Gasteiger partial charge in [-0.2, -0.15) is 26.3 Å². The lowest BCUT2D eigenvalue weighted by Crippen LogP contribution is -2.67. The predicted octanol–water partition coefficient (Wildman–Crippen LogP) is 7.75. The van der Waals surface area contributed by atoms with Gasteiger partial charge in [0, 0.05) is 47.4 Å². The van der Waals surface area contributed by atoms with Gasteiger partial charge in [0.05, 0.1) is 6.61 Å². The SMILES string of the molecule is C#CCO.C#CCOCC1=C(C(F)(F)F)O[C@@H]2O[C@@]3(C)CCC4[C@H](C)CC[C@@H]1[C@]42OO3.C[C@@H]1CC[C@H]2C(CBr)=C(C(F)(F)F)O[C@@H]3O[C@@]4(C)CCC1[C@]32OO4. The topological polar surface area (TPSA) is 103 Å². The van der Waals surface area contributed by atoms with Gasteiger partial charge >= 0.3 is 12.4 Å². The Morgan fingerprint density at radius 2 is 1.16 bits per heavy atom. The fourth-order valence-corrected chi connectivity index (χ4v) is 10.7. The van der Waals surface area contributed by atoms with Crippen LogP contribution in [0.1, 0.15) is 79.1 Å². The molecule has 1 N–H and O–H groups in total. The molecule has 0 amide bonds. The number of alkyl halides is 7. The number of ether oxygens (including phenoxy) is 5. The molecule has 2 unspecified atom stereocenters. The molecule has 10 nitrogen and oxygen atoms in total. The first-order valence-electron chi connectivity index (χ1n) is 18.5. The van der Waals surface area contributed by atoms with E-state index >= 15 is 0 Å². The fraction of sp³-hybridized carbons (Fsp3) is 0.789. The Hall–Kier alpha value is -2.06. The van der Waals surface area contributed by atoms with Crippen LogP contribution < -0.4 is 0 Å². The van der Waals surface area contributed by atoms with Gasteiger partial charge in [-0.25, -0.2) is 19.6 Å². The van der Waals surface area contributed by atoms with Crippen LogP contribution in [0.2, 0.25) is 0 Å². The Bertz CT molecular complexity index is 1590. The number of halogens is 7. The average molecular weight is 858 g/mol. The maximum absolute atomic E-state index is 13.8. The summed E-state index contributed by atoms with van der Waals surface area (Å²) in [5.74, 6) is -0.360. The largest absolute Gasteiger partial charge is 0.456 e. The maximum Gasteiger partial charge on any atom is 0.449 e. The minimum absolute atomic E-state index is 0.0311. The lowest BCUT2D eigenvalue weighted by atomic mass is 9.59. The zero-order valence-corrected chi connectivity index (χ0v) is 32.6. The number of hydrogen-bond donors (Lipinski definition) is 1. The zero-order chi connectivity index (χ0) is 40.2. The number of terminal acetylenes is 2. The third-order valence-electron chi connectivity index (χ3n) is 12.5. The molecule has 10 aliphatic rings. The molecule has 6 saturated heterocycles. The summed E-state index contributed by atoms with van der Waals surface area (Å²) < 4.78 is 110. The van der Waals surface area contributed by atoms with Crippen LogP contribution in [0.4, 0.5) is 26.3 Å². The zero-order valence-electron chi connectivity index (χ0n) is 31.0. The van der Waals surface area contributed by atoms with Crippen molar-refractivity contribution < 1.29 is 74.7 Å². The van der Waals surface area contributed by atoms with E-state index in [9.17, 15) is 26.3 Å². The van der Waals surface area contributed by atoms with Crippen LogP contribution in [0.3, 0.4) is 0 Å². The summed E-state index contributed by atoms with van der Waals surface area (Å²) in [5.41, 5.74) is -1.89. The first-order valence-corrected chi connectivity index (χ1v) is 19.6. The first kappa shape index (κ1) is 42.5. The Kier molecular flexibility index (Phi) is 12.1. The molecule has 0 radical (unpaired) electrons. The molecule has 2 spiro atoms. The molecular weight excluding hydrogens is 810 g/mol. The minimum Gasteiger partial charge on any atom is -0.456 e. The molecule has 2 aliphatic carbocycles. The summed E-state index contributed by atoms with van der Waals surface area (Å²) in [7, 11) is 0. The highest BCUT2D eigenvalue weighted by Gasteiger charge is 2.71. The van der Waals surface area contributed by atoms with Crippen LogP contribution >= 0.6 is 15.9 Å².